The van der Waals surface area contributed by atoms with E-state index in [4.69, 9.17) is 4.98 Å². The van der Waals surface area contributed by atoms with Crippen LogP contribution in [-0.2, 0) is 0 Å². The van der Waals surface area contributed by atoms with E-state index in [-0.39, 0.29) is 0 Å². The normalized spacial score (nSPS) is 24.0. The highest BCUT2D eigenvalue weighted by Gasteiger charge is 2.34. The Kier molecular flexibility index (Phi) is 3.65. The van der Waals surface area contributed by atoms with Gasteiger partial charge in [-0.3, -0.25) is 4.90 Å². The van der Waals surface area contributed by atoms with Crippen molar-refractivity contribution in [1.82, 2.24) is 19.4 Å². The van der Waals surface area contributed by atoms with E-state index in [0.717, 1.165) is 11.2 Å². The molecule has 1 saturated heterocycles. The first-order chi connectivity index (χ1) is 10.8. The van der Waals surface area contributed by atoms with Crippen LogP contribution in [0, 0.1) is 0 Å². The van der Waals surface area contributed by atoms with E-state index < -0.39 is 0 Å². The van der Waals surface area contributed by atoms with E-state index in [1.165, 1.54) is 50.9 Å². The number of imidazole rings is 1. The van der Waals surface area contributed by atoms with Gasteiger partial charge in [0, 0.05) is 18.3 Å². The van der Waals surface area contributed by atoms with Crippen LogP contribution in [0.4, 0.5) is 0 Å². The quantitative estimate of drug-likeness (QED) is 0.856. The molecule has 0 spiro atoms. The average molecular weight is 298 g/mol. The molecule has 0 bridgehead atoms. The molecule has 1 aliphatic carbocycles. The summed E-state index contributed by atoms with van der Waals surface area (Å²) in [5.41, 5.74) is 2.17. The predicted molar refractivity (Wildman–Crippen MR) is 88.9 cm³/mol. The Morgan fingerprint density at radius 3 is 2.73 bits per heavy atom. The van der Waals surface area contributed by atoms with E-state index in [0.29, 0.717) is 18.1 Å². The second-order valence-electron chi connectivity index (χ2n) is 7.11. The van der Waals surface area contributed by atoms with Gasteiger partial charge in [0.2, 0.25) is 0 Å². The molecule has 4 heteroatoms. The molecule has 1 aliphatic heterocycles. The lowest BCUT2D eigenvalue weighted by Crippen LogP contribution is -2.32. The summed E-state index contributed by atoms with van der Waals surface area (Å²) in [6.45, 7) is 5.81. The van der Waals surface area contributed by atoms with Crippen LogP contribution in [0.1, 0.15) is 70.3 Å². The second-order valence-corrected chi connectivity index (χ2v) is 7.11. The molecule has 2 aliphatic rings. The van der Waals surface area contributed by atoms with Gasteiger partial charge in [0.15, 0.2) is 5.65 Å². The molecule has 2 fully saturated rings. The van der Waals surface area contributed by atoms with Crippen LogP contribution in [0.15, 0.2) is 18.3 Å². The monoisotopic (exact) mass is 298 g/mol. The van der Waals surface area contributed by atoms with Crippen LogP contribution < -0.4 is 0 Å². The molecule has 2 aromatic rings. The van der Waals surface area contributed by atoms with Gasteiger partial charge in [-0.25, -0.2) is 9.97 Å². The molecule has 22 heavy (non-hydrogen) atoms. The first-order valence-corrected chi connectivity index (χ1v) is 8.84. The van der Waals surface area contributed by atoms with Crippen molar-refractivity contribution in [2.45, 2.75) is 70.5 Å². The van der Waals surface area contributed by atoms with Crippen molar-refractivity contribution >= 4 is 11.2 Å². The lowest BCUT2D eigenvalue weighted by molar-refractivity contribution is 0.193. The van der Waals surface area contributed by atoms with Gasteiger partial charge in [-0.1, -0.05) is 12.8 Å². The van der Waals surface area contributed by atoms with Crippen LogP contribution in [0.3, 0.4) is 0 Å². The zero-order valence-corrected chi connectivity index (χ0v) is 13.7. The van der Waals surface area contributed by atoms with E-state index in [1.807, 2.05) is 12.3 Å². The third-order valence-corrected chi connectivity index (χ3v) is 5.42. The molecular formula is C18H26N4. The highest BCUT2D eigenvalue weighted by atomic mass is 15.3. The van der Waals surface area contributed by atoms with E-state index >= 15 is 0 Å². The maximum Gasteiger partial charge on any atom is 0.160 e. The van der Waals surface area contributed by atoms with Gasteiger partial charge in [-0.05, 0) is 58.2 Å². The number of nitrogens with zero attached hydrogens (tertiary/aromatic N) is 4. The summed E-state index contributed by atoms with van der Waals surface area (Å²) in [6, 6.07) is 5.77. The molecule has 2 aromatic heterocycles. The van der Waals surface area contributed by atoms with Crippen LogP contribution in [0.2, 0.25) is 0 Å². The van der Waals surface area contributed by atoms with Crippen molar-refractivity contribution in [2.75, 3.05) is 6.54 Å². The third kappa shape index (κ3) is 2.24. The highest BCUT2D eigenvalue weighted by Crippen LogP contribution is 2.39. The minimum atomic E-state index is 0.467. The van der Waals surface area contributed by atoms with Crippen LogP contribution in [-0.4, -0.2) is 32.0 Å². The minimum Gasteiger partial charge on any atom is -0.308 e. The third-order valence-electron chi connectivity index (χ3n) is 5.42. The molecule has 4 rings (SSSR count). The van der Waals surface area contributed by atoms with E-state index in [2.05, 4.69) is 34.4 Å². The maximum atomic E-state index is 5.03. The van der Waals surface area contributed by atoms with Gasteiger partial charge in [0.1, 0.15) is 11.3 Å². The van der Waals surface area contributed by atoms with Crippen molar-refractivity contribution in [3.8, 4) is 0 Å². The predicted octanol–water partition coefficient (Wildman–Crippen LogP) is 4.09. The van der Waals surface area contributed by atoms with Crippen LogP contribution in [0.5, 0.6) is 0 Å². The van der Waals surface area contributed by atoms with Gasteiger partial charge in [0.25, 0.3) is 0 Å². The molecule has 1 saturated carbocycles. The molecule has 1 unspecified atom stereocenters. The largest absolute Gasteiger partial charge is 0.308 e. The lowest BCUT2D eigenvalue weighted by atomic mass is 10.1. The summed E-state index contributed by atoms with van der Waals surface area (Å²) in [4.78, 5) is 12.3. The Morgan fingerprint density at radius 1 is 1.14 bits per heavy atom. The fourth-order valence-electron chi connectivity index (χ4n) is 4.39. The van der Waals surface area contributed by atoms with Crippen molar-refractivity contribution in [2.24, 2.45) is 0 Å². The molecule has 0 amide bonds. The number of rotatable bonds is 3. The summed E-state index contributed by atoms with van der Waals surface area (Å²) < 4.78 is 2.49. The smallest absolute Gasteiger partial charge is 0.160 e. The van der Waals surface area contributed by atoms with Crippen molar-refractivity contribution in [3.05, 3.63) is 24.2 Å². The Hall–Kier alpha value is -1.42. The zero-order valence-electron chi connectivity index (χ0n) is 13.7. The molecule has 0 N–H and O–H groups in total. The Bertz CT molecular complexity index is 654. The fourth-order valence-corrected chi connectivity index (χ4v) is 4.39. The Morgan fingerprint density at radius 2 is 1.95 bits per heavy atom. The number of hydrogen-bond acceptors (Lipinski definition) is 3. The zero-order chi connectivity index (χ0) is 15.1. The first kappa shape index (κ1) is 14.2. The summed E-state index contributed by atoms with van der Waals surface area (Å²) in [5.74, 6) is 1.27. The standard InChI is InChI=1S/C18H26N4/c1-13(2)21-12-6-10-16(21)18-20-15-9-5-11-19-17(15)22(18)14-7-3-4-8-14/h5,9,11,13-14,16H,3-4,6-8,10,12H2,1-2H3. The van der Waals surface area contributed by atoms with Gasteiger partial charge >= 0.3 is 0 Å². The van der Waals surface area contributed by atoms with Crippen molar-refractivity contribution in [1.29, 1.82) is 0 Å². The number of likely N-dealkylation sites (tertiary alicyclic amines) is 1. The number of hydrogen-bond donors (Lipinski definition) is 0. The number of aromatic nitrogens is 3. The van der Waals surface area contributed by atoms with Gasteiger partial charge < -0.3 is 4.57 Å². The Labute approximate surface area is 132 Å². The molecule has 1 atom stereocenters. The molecule has 0 aromatic carbocycles. The average Bonchev–Trinajstić information content (AvgIpc) is 3.24. The maximum absolute atomic E-state index is 5.03. The van der Waals surface area contributed by atoms with Gasteiger partial charge in [0.05, 0.1) is 6.04 Å². The summed E-state index contributed by atoms with van der Waals surface area (Å²) in [6.07, 6.45) is 9.67. The first-order valence-electron chi connectivity index (χ1n) is 8.84. The topological polar surface area (TPSA) is 34.0 Å². The number of fused-ring (bicyclic) bond motifs is 1. The SMILES string of the molecule is CC(C)N1CCCC1c1nc2cccnc2n1C1CCCC1. The summed E-state index contributed by atoms with van der Waals surface area (Å²) in [7, 11) is 0. The summed E-state index contributed by atoms with van der Waals surface area (Å²) >= 11 is 0. The van der Waals surface area contributed by atoms with Crippen LogP contribution >= 0.6 is 0 Å². The number of pyridine rings is 1. The van der Waals surface area contributed by atoms with Crippen molar-refractivity contribution in [3.63, 3.8) is 0 Å². The molecule has 0 radical (unpaired) electrons. The van der Waals surface area contributed by atoms with Crippen LogP contribution in [0.25, 0.3) is 11.2 Å². The van der Waals surface area contributed by atoms with E-state index in [1.54, 1.807) is 0 Å². The van der Waals surface area contributed by atoms with Crippen molar-refractivity contribution < 1.29 is 0 Å². The molecule has 3 heterocycles. The fraction of sp³-hybridized carbons (Fsp3) is 0.667. The highest BCUT2D eigenvalue weighted by molar-refractivity contribution is 5.71. The Balaban J connectivity index is 1.84. The van der Waals surface area contributed by atoms with E-state index in [9.17, 15) is 0 Å². The second kappa shape index (κ2) is 5.65. The molecule has 118 valence electrons. The minimum absolute atomic E-state index is 0.467. The molecule has 4 nitrogen and oxygen atoms in total. The lowest BCUT2D eigenvalue weighted by Gasteiger charge is -2.29. The summed E-state index contributed by atoms with van der Waals surface area (Å²) in [5, 5.41) is 0. The molecular weight excluding hydrogens is 272 g/mol. The van der Waals surface area contributed by atoms with Gasteiger partial charge in [-0.15, -0.1) is 0 Å². The van der Waals surface area contributed by atoms with Gasteiger partial charge in [-0.2, -0.15) is 0 Å².